The highest BCUT2D eigenvalue weighted by atomic mass is 32.2. The van der Waals surface area contributed by atoms with E-state index in [2.05, 4.69) is 5.32 Å². The molecule has 0 amide bonds. The van der Waals surface area contributed by atoms with Gasteiger partial charge in [-0.05, 0) is 31.0 Å². The first-order valence-corrected chi connectivity index (χ1v) is 7.68. The number of hydrogen-bond donors (Lipinski definition) is 3. The summed E-state index contributed by atoms with van der Waals surface area (Å²) in [6.45, 7) is 1.19. The third-order valence-electron chi connectivity index (χ3n) is 3.09. The number of carboxylic acids is 1. The van der Waals surface area contributed by atoms with E-state index in [1.165, 1.54) is 12.1 Å². The number of aromatic carboxylic acids is 1. The molecule has 8 heteroatoms. The zero-order chi connectivity index (χ0) is 14.8. The minimum Gasteiger partial charge on any atom is -0.478 e. The van der Waals surface area contributed by atoms with E-state index < -0.39 is 16.0 Å². The van der Waals surface area contributed by atoms with Crippen LogP contribution in [0.3, 0.4) is 0 Å². The maximum absolute atomic E-state index is 11.2. The third-order valence-corrected chi connectivity index (χ3v) is 4.01. The monoisotopic (exact) mass is 300 g/mol. The molecular weight excluding hydrogens is 284 g/mol. The van der Waals surface area contributed by atoms with E-state index in [1.807, 2.05) is 0 Å². The third kappa shape index (κ3) is 3.47. The van der Waals surface area contributed by atoms with E-state index in [-0.39, 0.29) is 16.6 Å². The van der Waals surface area contributed by atoms with Gasteiger partial charge in [0.15, 0.2) is 0 Å². The molecule has 1 aromatic rings. The van der Waals surface area contributed by atoms with Crippen LogP contribution in [0, 0.1) is 0 Å². The van der Waals surface area contributed by atoms with Crippen LogP contribution in [0.2, 0.25) is 0 Å². The average molecular weight is 300 g/mol. The van der Waals surface area contributed by atoms with Crippen molar-refractivity contribution in [1.82, 2.24) is 0 Å². The zero-order valence-corrected chi connectivity index (χ0v) is 11.5. The summed E-state index contributed by atoms with van der Waals surface area (Å²) in [5, 5.41) is 17.1. The minimum absolute atomic E-state index is 0.0505. The number of hydrogen-bond acceptors (Lipinski definition) is 5. The first-order valence-electron chi connectivity index (χ1n) is 6.13. The van der Waals surface area contributed by atoms with Crippen molar-refractivity contribution in [3.05, 3.63) is 23.8 Å². The number of benzene rings is 1. The highest BCUT2D eigenvalue weighted by Gasteiger charge is 2.18. The Kier molecular flexibility index (Phi) is 4.26. The number of sulfonamides is 1. The van der Waals surface area contributed by atoms with Crippen molar-refractivity contribution in [3.8, 4) is 0 Å². The molecule has 0 saturated carbocycles. The molecule has 0 spiro atoms. The van der Waals surface area contributed by atoms with E-state index >= 15 is 0 Å². The molecule has 1 aliphatic rings. The standard InChI is InChI=1S/C12H16N2O5S/c13-20(17,18)9-3-4-11(10(6-9)12(15)16)14-7-8-2-1-5-19-8/h3-4,6,8,14H,1-2,5,7H2,(H,15,16)(H2,13,17,18)/t8-/m1/s1. The lowest BCUT2D eigenvalue weighted by Crippen LogP contribution is -2.20. The Bertz CT molecular complexity index is 608. The Hall–Kier alpha value is -1.64. The summed E-state index contributed by atoms with van der Waals surface area (Å²) >= 11 is 0. The van der Waals surface area contributed by atoms with Gasteiger partial charge in [-0.25, -0.2) is 18.4 Å². The molecule has 7 nitrogen and oxygen atoms in total. The largest absolute Gasteiger partial charge is 0.478 e. The fourth-order valence-corrected chi connectivity index (χ4v) is 2.60. The van der Waals surface area contributed by atoms with Crippen molar-refractivity contribution in [2.45, 2.75) is 23.8 Å². The summed E-state index contributed by atoms with van der Waals surface area (Å²) in [5.74, 6) is -1.22. The van der Waals surface area contributed by atoms with Gasteiger partial charge in [0.2, 0.25) is 10.0 Å². The van der Waals surface area contributed by atoms with Crippen LogP contribution >= 0.6 is 0 Å². The summed E-state index contributed by atoms with van der Waals surface area (Å²) in [6, 6.07) is 3.73. The van der Waals surface area contributed by atoms with Gasteiger partial charge in [0, 0.05) is 18.8 Å². The maximum Gasteiger partial charge on any atom is 0.337 e. The molecule has 110 valence electrons. The molecular formula is C12H16N2O5S. The topological polar surface area (TPSA) is 119 Å². The zero-order valence-electron chi connectivity index (χ0n) is 10.7. The van der Waals surface area contributed by atoms with Crippen LogP contribution in [-0.4, -0.2) is 38.7 Å². The average Bonchev–Trinajstić information content (AvgIpc) is 2.88. The van der Waals surface area contributed by atoms with Crippen molar-refractivity contribution >= 4 is 21.7 Å². The van der Waals surface area contributed by atoms with Crippen LogP contribution < -0.4 is 10.5 Å². The van der Waals surface area contributed by atoms with Gasteiger partial charge < -0.3 is 15.2 Å². The van der Waals surface area contributed by atoms with Gasteiger partial charge in [-0.2, -0.15) is 0 Å². The van der Waals surface area contributed by atoms with Crippen LogP contribution in [0.25, 0.3) is 0 Å². The molecule has 20 heavy (non-hydrogen) atoms. The summed E-state index contributed by atoms with van der Waals surface area (Å²) in [6.07, 6.45) is 1.96. The van der Waals surface area contributed by atoms with Crippen molar-refractivity contribution in [3.63, 3.8) is 0 Å². The van der Waals surface area contributed by atoms with Crippen LogP contribution in [0.5, 0.6) is 0 Å². The van der Waals surface area contributed by atoms with Gasteiger partial charge in [0.25, 0.3) is 0 Å². The Morgan fingerprint density at radius 1 is 1.50 bits per heavy atom. The molecule has 0 unspecified atom stereocenters. The number of carboxylic acid groups (broad SMARTS) is 1. The summed E-state index contributed by atoms with van der Waals surface area (Å²) in [4.78, 5) is 11.0. The van der Waals surface area contributed by atoms with Gasteiger partial charge >= 0.3 is 5.97 Å². The number of primary sulfonamides is 1. The van der Waals surface area contributed by atoms with E-state index in [0.717, 1.165) is 18.9 Å². The van der Waals surface area contributed by atoms with Crippen LogP contribution in [-0.2, 0) is 14.8 Å². The van der Waals surface area contributed by atoms with Crippen LogP contribution in [0.4, 0.5) is 5.69 Å². The summed E-state index contributed by atoms with van der Waals surface area (Å²) < 4.78 is 27.9. The quantitative estimate of drug-likeness (QED) is 0.733. The second kappa shape index (κ2) is 5.78. The summed E-state index contributed by atoms with van der Waals surface area (Å²) in [5.41, 5.74) is 0.218. The number of ether oxygens (including phenoxy) is 1. The number of anilines is 1. The molecule has 0 radical (unpaired) electrons. The first-order chi connectivity index (χ1) is 9.38. The van der Waals surface area contributed by atoms with Gasteiger partial charge in [-0.1, -0.05) is 0 Å². The van der Waals surface area contributed by atoms with Gasteiger partial charge in [0.1, 0.15) is 0 Å². The Labute approximate surface area is 116 Å². The lowest BCUT2D eigenvalue weighted by atomic mass is 10.1. The fourth-order valence-electron chi connectivity index (χ4n) is 2.06. The van der Waals surface area contributed by atoms with Gasteiger partial charge in [-0.15, -0.1) is 0 Å². The maximum atomic E-state index is 11.2. The molecule has 4 N–H and O–H groups in total. The molecule has 1 atom stereocenters. The number of rotatable bonds is 5. The van der Waals surface area contributed by atoms with E-state index in [0.29, 0.717) is 18.8 Å². The van der Waals surface area contributed by atoms with Crippen molar-refractivity contribution < 1.29 is 23.1 Å². The van der Waals surface area contributed by atoms with E-state index in [4.69, 9.17) is 15.0 Å². The van der Waals surface area contributed by atoms with Crippen LogP contribution in [0.1, 0.15) is 23.2 Å². The molecule has 0 aliphatic carbocycles. The lowest BCUT2D eigenvalue weighted by molar-refractivity contribution is 0.0697. The fraction of sp³-hybridized carbons (Fsp3) is 0.417. The molecule has 1 heterocycles. The Balaban J connectivity index is 2.21. The molecule has 1 aliphatic heterocycles. The second-order valence-corrected chi connectivity index (χ2v) is 6.13. The summed E-state index contributed by atoms with van der Waals surface area (Å²) in [7, 11) is -3.92. The van der Waals surface area contributed by atoms with Crippen molar-refractivity contribution in [1.29, 1.82) is 0 Å². The predicted molar refractivity (Wildman–Crippen MR) is 72.2 cm³/mol. The molecule has 2 rings (SSSR count). The lowest BCUT2D eigenvalue weighted by Gasteiger charge is -2.14. The van der Waals surface area contributed by atoms with E-state index in [1.54, 1.807) is 0 Å². The Morgan fingerprint density at radius 3 is 2.80 bits per heavy atom. The van der Waals surface area contributed by atoms with Gasteiger partial charge in [0.05, 0.1) is 16.6 Å². The second-order valence-electron chi connectivity index (χ2n) is 4.57. The number of nitrogens with two attached hydrogens (primary N) is 1. The molecule has 0 aromatic heterocycles. The van der Waals surface area contributed by atoms with Gasteiger partial charge in [-0.3, -0.25) is 0 Å². The molecule has 1 saturated heterocycles. The smallest absolute Gasteiger partial charge is 0.337 e. The SMILES string of the molecule is NS(=O)(=O)c1ccc(NC[C@H]2CCCO2)c(C(=O)O)c1. The molecule has 0 bridgehead atoms. The normalized spacial score (nSPS) is 18.9. The number of carbonyl (C=O) groups is 1. The molecule has 1 aromatic carbocycles. The van der Waals surface area contributed by atoms with E-state index in [9.17, 15) is 13.2 Å². The first kappa shape index (κ1) is 14.8. The molecule has 1 fully saturated rings. The Morgan fingerprint density at radius 2 is 2.25 bits per heavy atom. The van der Waals surface area contributed by atoms with Crippen molar-refractivity contribution in [2.24, 2.45) is 5.14 Å². The number of nitrogens with one attached hydrogen (secondary N) is 1. The minimum atomic E-state index is -3.92. The van der Waals surface area contributed by atoms with Crippen molar-refractivity contribution in [2.75, 3.05) is 18.5 Å². The highest BCUT2D eigenvalue weighted by molar-refractivity contribution is 7.89. The highest BCUT2D eigenvalue weighted by Crippen LogP contribution is 2.21. The van der Waals surface area contributed by atoms with Crippen LogP contribution in [0.15, 0.2) is 23.1 Å². The predicted octanol–water partition coefficient (Wildman–Crippen LogP) is 0.623.